The van der Waals surface area contributed by atoms with Gasteiger partial charge in [-0.2, -0.15) is 0 Å². The SMILES string of the molecule is CC(Cc1cccs1)n1c(=O)[nH]c2cccc(C(=O)O)c21. The second kappa shape index (κ2) is 5.21. The van der Waals surface area contributed by atoms with Gasteiger partial charge in [0.25, 0.3) is 0 Å². The Balaban J connectivity index is 2.15. The van der Waals surface area contributed by atoms with E-state index in [9.17, 15) is 14.7 Å². The Morgan fingerprint density at radius 1 is 1.38 bits per heavy atom. The van der Waals surface area contributed by atoms with Crippen LogP contribution in [0.1, 0.15) is 28.2 Å². The van der Waals surface area contributed by atoms with E-state index in [-0.39, 0.29) is 17.3 Å². The maximum Gasteiger partial charge on any atom is 0.337 e. The van der Waals surface area contributed by atoms with Crippen LogP contribution in [0.4, 0.5) is 0 Å². The fourth-order valence-electron chi connectivity index (χ4n) is 2.59. The molecule has 1 aromatic carbocycles. The number of aromatic amines is 1. The molecule has 0 fully saturated rings. The Hall–Kier alpha value is -2.34. The number of nitrogens with one attached hydrogen (secondary N) is 1. The van der Waals surface area contributed by atoms with Crippen LogP contribution >= 0.6 is 11.3 Å². The molecule has 2 heterocycles. The molecule has 5 nitrogen and oxygen atoms in total. The third-order valence-corrected chi connectivity index (χ3v) is 4.38. The van der Waals surface area contributed by atoms with Gasteiger partial charge in [-0.15, -0.1) is 11.3 Å². The summed E-state index contributed by atoms with van der Waals surface area (Å²) < 4.78 is 1.54. The molecule has 2 N–H and O–H groups in total. The van der Waals surface area contributed by atoms with Crippen molar-refractivity contribution < 1.29 is 9.90 Å². The van der Waals surface area contributed by atoms with Crippen molar-refractivity contribution in [2.75, 3.05) is 0 Å². The van der Waals surface area contributed by atoms with Gasteiger partial charge in [0, 0.05) is 17.3 Å². The first-order valence-corrected chi connectivity index (χ1v) is 7.45. The van der Waals surface area contributed by atoms with Crippen LogP contribution in [-0.2, 0) is 6.42 Å². The lowest BCUT2D eigenvalue weighted by atomic mass is 10.1. The molecule has 0 aliphatic heterocycles. The lowest BCUT2D eigenvalue weighted by Gasteiger charge is -2.13. The van der Waals surface area contributed by atoms with E-state index in [1.807, 2.05) is 24.4 Å². The zero-order chi connectivity index (χ0) is 15.0. The van der Waals surface area contributed by atoms with Crippen LogP contribution < -0.4 is 5.69 Å². The van der Waals surface area contributed by atoms with Crippen molar-refractivity contribution in [2.24, 2.45) is 0 Å². The van der Waals surface area contributed by atoms with E-state index in [0.29, 0.717) is 17.5 Å². The molecule has 2 aromatic heterocycles. The van der Waals surface area contributed by atoms with Crippen LogP contribution in [0, 0.1) is 0 Å². The number of para-hydroxylation sites is 1. The summed E-state index contributed by atoms with van der Waals surface area (Å²) >= 11 is 1.63. The third-order valence-electron chi connectivity index (χ3n) is 3.49. The molecule has 3 rings (SSSR count). The molecular weight excluding hydrogens is 288 g/mol. The topological polar surface area (TPSA) is 75.1 Å². The minimum atomic E-state index is -1.03. The highest BCUT2D eigenvalue weighted by molar-refractivity contribution is 7.09. The lowest BCUT2D eigenvalue weighted by Crippen LogP contribution is -2.22. The summed E-state index contributed by atoms with van der Waals surface area (Å²) in [5.74, 6) is -1.03. The summed E-state index contributed by atoms with van der Waals surface area (Å²) in [7, 11) is 0. The molecule has 6 heteroatoms. The van der Waals surface area contributed by atoms with Gasteiger partial charge in [-0.1, -0.05) is 12.1 Å². The number of carbonyl (C=O) groups is 1. The monoisotopic (exact) mass is 302 g/mol. The number of thiophene rings is 1. The summed E-state index contributed by atoms with van der Waals surface area (Å²) in [5.41, 5.74) is 0.878. The average Bonchev–Trinajstić information content (AvgIpc) is 3.03. The maximum atomic E-state index is 12.2. The second-order valence-electron chi connectivity index (χ2n) is 4.94. The van der Waals surface area contributed by atoms with Crippen molar-refractivity contribution in [2.45, 2.75) is 19.4 Å². The molecule has 0 aliphatic carbocycles. The normalized spacial score (nSPS) is 12.6. The molecular formula is C15H14N2O3S. The fourth-order valence-corrected chi connectivity index (χ4v) is 3.41. The molecule has 0 saturated carbocycles. The highest BCUT2D eigenvalue weighted by atomic mass is 32.1. The highest BCUT2D eigenvalue weighted by Crippen LogP contribution is 2.23. The van der Waals surface area contributed by atoms with E-state index < -0.39 is 5.97 Å². The van der Waals surface area contributed by atoms with Crippen LogP contribution in [-0.4, -0.2) is 20.6 Å². The molecule has 0 saturated heterocycles. The number of imidazole rings is 1. The molecule has 0 aliphatic rings. The number of H-pyrrole nitrogens is 1. The predicted octanol–water partition coefficient (Wildman–Crippen LogP) is 2.89. The molecule has 108 valence electrons. The largest absolute Gasteiger partial charge is 0.478 e. The van der Waals surface area contributed by atoms with Gasteiger partial charge in [-0.05, 0) is 30.5 Å². The Morgan fingerprint density at radius 3 is 2.86 bits per heavy atom. The number of carboxylic acid groups (broad SMARTS) is 1. The third kappa shape index (κ3) is 2.38. The summed E-state index contributed by atoms with van der Waals surface area (Å²) in [6, 6.07) is 8.73. The molecule has 0 spiro atoms. The zero-order valence-electron chi connectivity index (χ0n) is 11.4. The first-order chi connectivity index (χ1) is 10.1. The summed E-state index contributed by atoms with van der Waals surface area (Å²) in [6.45, 7) is 1.92. The standard InChI is InChI=1S/C15H14N2O3S/c1-9(8-10-4-3-7-21-10)17-13-11(14(18)19)5-2-6-12(13)16-15(17)20/h2-7,9H,8H2,1H3,(H,16,20)(H,18,19). The second-order valence-corrected chi connectivity index (χ2v) is 5.97. The van der Waals surface area contributed by atoms with Gasteiger partial charge in [0.1, 0.15) is 0 Å². The minimum Gasteiger partial charge on any atom is -0.478 e. The Labute approximate surface area is 124 Å². The molecule has 3 aromatic rings. The van der Waals surface area contributed by atoms with Gasteiger partial charge < -0.3 is 10.1 Å². The Morgan fingerprint density at radius 2 is 2.19 bits per heavy atom. The van der Waals surface area contributed by atoms with E-state index in [1.165, 1.54) is 6.07 Å². The molecule has 0 bridgehead atoms. The van der Waals surface area contributed by atoms with Crippen LogP contribution in [0.25, 0.3) is 11.0 Å². The van der Waals surface area contributed by atoms with Gasteiger partial charge in [0.2, 0.25) is 0 Å². The van der Waals surface area contributed by atoms with E-state index in [1.54, 1.807) is 28.0 Å². The first kappa shape index (κ1) is 13.6. The summed E-state index contributed by atoms with van der Waals surface area (Å²) in [4.78, 5) is 27.5. The molecule has 1 unspecified atom stereocenters. The lowest BCUT2D eigenvalue weighted by molar-refractivity contribution is 0.0698. The number of hydrogen-bond donors (Lipinski definition) is 2. The minimum absolute atomic E-state index is 0.120. The number of aromatic carboxylic acids is 1. The first-order valence-electron chi connectivity index (χ1n) is 6.57. The number of fused-ring (bicyclic) bond motifs is 1. The van der Waals surface area contributed by atoms with Crippen molar-refractivity contribution >= 4 is 28.3 Å². The Bertz CT molecular complexity index is 846. The van der Waals surface area contributed by atoms with Crippen LogP contribution in [0.2, 0.25) is 0 Å². The summed E-state index contributed by atoms with van der Waals surface area (Å²) in [5, 5.41) is 11.3. The molecule has 0 amide bonds. The van der Waals surface area contributed by atoms with Crippen LogP contribution in [0.15, 0.2) is 40.5 Å². The van der Waals surface area contributed by atoms with Crippen molar-refractivity contribution in [3.05, 3.63) is 56.6 Å². The van der Waals surface area contributed by atoms with Gasteiger partial charge in [0.15, 0.2) is 0 Å². The number of nitrogens with zero attached hydrogens (tertiary/aromatic N) is 1. The molecule has 1 atom stereocenters. The van der Waals surface area contributed by atoms with E-state index >= 15 is 0 Å². The highest BCUT2D eigenvalue weighted by Gasteiger charge is 2.19. The molecule has 0 radical (unpaired) electrons. The number of aromatic nitrogens is 2. The number of hydrogen-bond acceptors (Lipinski definition) is 3. The number of rotatable bonds is 4. The van der Waals surface area contributed by atoms with Crippen molar-refractivity contribution in [3.8, 4) is 0 Å². The van der Waals surface area contributed by atoms with E-state index in [4.69, 9.17) is 0 Å². The van der Waals surface area contributed by atoms with Crippen LogP contribution in [0.3, 0.4) is 0 Å². The fraction of sp³-hybridized carbons (Fsp3) is 0.200. The van der Waals surface area contributed by atoms with Crippen molar-refractivity contribution in [1.29, 1.82) is 0 Å². The van der Waals surface area contributed by atoms with E-state index in [2.05, 4.69) is 4.98 Å². The number of benzene rings is 1. The Kier molecular flexibility index (Phi) is 3.39. The smallest absolute Gasteiger partial charge is 0.337 e. The molecule has 21 heavy (non-hydrogen) atoms. The van der Waals surface area contributed by atoms with Crippen molar-refractivity contribution in [3.63, 3.8) is 0 Å². The van der Waals surface area contributed by atoms with Crippen LogP contribution in [0.5, 0.6) is 0 Å². The van der Waals surface area contributed by atoms with Gasteiger partial charge >= 0.3 is 11.7 Å². The quantitative estimate of drug-likeness (QED) is 0.778. The number of carboxylic acids is 1. The summed E-state index contributed by atoms with van der Waals surface area (Å²) in [6.07, 6.45) is 0.693. The van der Waals surface area contributed by atoms with Gasteiger partial charge in [-0.25, -0.2) is 9.59 Å². The van der Waals surface area contributed by atoms with Crippen molar-refractivity contribution in [1.82, 2.24) is 9.55 Å². The average molecular weight is 302 g/mol. The van der Waals surface area contributed by atoms with Gasteiger partial charge in [0.05, 0.1) is 16.6 Å². The van der Waals surface area contributed by atoms with Gasteiger partial charge in [-0.3, -0.25) is 4.57 Å². The van der Waals surface area contributed by atoms with E-state index in [0.717, 1.165) is 4.88 Å². The predicted molar refractivity (Wildman–Crippen MR) is 82.3 cm³/mol. The zero-order valence-corrected chi connectivity index (χ0v) is 12.2. The maximum absolute atomic E-state index is 12.2.